The van der Waals surface area contributed by atoms with Crippen molar-refractivity contribution < 1.29 is 4.42 Å². The Morgan fingerprint density at radius 2 is 0.893 bits per heavy atom. The number of fused-ring (bicyclic) bond motifs is 6. The van der Waals surface area contributed by atoms with E-state index < -0.39 is 0 Å². The molecule has 3 heterocycles. The third kappa shape index (κ3) is 5.56. The lowest BCUT2D eigenvalue weighted by atomic mass is 9.90. The van der Waals surface area contributed by atoms with Crippen LogP contribution < -0.4 is 0 Å². The molecule has 262 valence electrons. The van der Waals surface area contributed by atoms with Gasteiger partial charge < -0.3 is 4.42 Å². The van der Waals surface area contributed by atoms with Crippen LogP contribution in [0.5, 0.6) is 0 Å². The van der Waals surface area contributed by atoms with Crippen molar-refractivity contribution in [3.05, 3.63) is 188 Å². The molecule has 5 heteroatoms. The van der Waals surface area contributed by atoms with Crippen LogP contribution in [0, 0.1) is 0 Å². The molecule has 0 radical (unpaired) electrons. The zero-order valence-corrected chi connectivity index (χ0v) is 30.9. The van der Waals surface area contributed by atoms with Gasteiger partial charge >= 0.3 is 0 Å². The standard InChI is InChI=1S/C51H31N3OS/c1-4-14-32(15-5-1)38-20-10-11-21-39(38)37-29-42(48-41-22-12-13-23-46(41)56-47(48)31-37)35-25-27-44-43(28-35)40-26-24-36(30-45(40)55-44)51-53-49(33-16-6-2-7-17-33)52-50(54-51)34-18-8-3-9-19-34/h1-31H. The van der Waals surface area contributed by atoms with Crippen LogP contribution >= 0.6 is 11.3 Å². The maximum Gasteiger partial charge on any atom is 0.164 e. The molecule has 3 aromatic heterocycles. The van der Waals surface area contributed by atoms with Gasteiger partial charge in [-0.15, -0.1) is 11.3 Å². The molecule has 0 N–H and O–H groups in total. The van der Waals surface area contributed by atoms with Crippen LogP contribution in [0.2, 0.25) is 0 Å². The highest BCUT2D eigenvalue weighted by atomic mass is 32.1. The number of aromatic nitrogens is 3. The van der Waals surface area contributed by atoms with Gasteiger partial charge in [-0.2, -0.15) is 0 Å². The van der Waals surface area contributed by atoms with E-state index >= 15 is 0 Å². The van der Waals surface area contributed by atoms with Crippen LogP contribution in [-0.4, -0.2) is 15.0 Å². The highest BCUT2D eigenvalue weighted by molar-refractivity contribution is 7.26. The number of rotatable bonds is 6. The number of thiophene rings is 1. The smallest absolute Gasteiger partial charge is 0.164 e. The molecule has 8 aromatic carbocycles. The van der Waals surface area contributed by atoms with Gasteiger partial charge in [-0.05, 0) is 75.8 Å². The highest BCUT2D eigenvalue weighted by Crippen LogP contribution is 2.45. The van der Waals surface area contributed by atoms with E-state index in [1.54, 1.807) is 0 Å². The second-order valence-electron chi connectivity index (χ2n) is 14.0. The van der Waals surface area contributed by atoms with Gasteiger partial charge in [-0.1, -0.05) is 146 Å². The Labute approximate surface area is 327 Å². The van der Waals surface area contributed by atoms with Crippen molar-refractivity contribution in [2.45, 2.75) is 0 Å². The topological polar surface area (TPSA) is 51.8 Å². The Kier molecular flexibility index (Phi) is 7.64. The van der Waals surface area contributed by atoms with Crippen molar-refractivity contribution in [2.75, 3.05) is 0 Å². The van der Waals surface area contributed by atoms with Gasteiger partial charge in [0.05, 0.1) is 0 Å². The summed E-state index contributed by atoms with van der Waals surface area (Å²) >= 11 is 1.85. The summed E-state index contributed by atoms with van der Waals surface area (Å²) in [5, 5.41) is 4.66. The summed E-state index contributed by atoms with van der Waals surface area (Å²) in [5.74, 6) is 1.86. The van der Waals surface area contributed by atoms with Crippen LogP contribution in [0.1, 0.15) is 0 Å². The zero-order chi connectivity index (χ0) is 37.0. The van der Waals surface area contributed by atoms with E-state index in [0.717, 1.165) is 44.2 Å². The van der Waals surface area contributed by atoms with E-state index in [2.05, 4.69) is 127 Å². The quantitative estimate of drug-likeness (QED) is 0.171. The monoisotopic (exact) mass is 733 g/mol. The van der Waals surface area contributed by atoms with Crippen molar-refractivity contribution in [3.8, 4) is 67.5 Å². The first-order valence-corrected chi connectivity index (χ1v) is 19.5. The summed E-state index contributed by atoms with van der Waals surface area (Å²) in [5.41, 5.74) is 11.5. The van der Waals surface area contributed by atoms with Crippen LogP contribution in [0.3, 0.4) is 0 Å². The summed E-state index contributed by atoms with van der Waals surface area (Å²) < 4.78 is 9.12. The largest absolute Gasteiger partial charge is 0.456 e. The van der Waals surface area contributed by atoms with Gasteiger partial charge in [0.2, 0.25) is 0 Å². The van der Waals surface area contributed by atoms with Gasteiger partial charge in [-0.25, -0.2) is 15.0 Å². The van der Waals surface area contributed by atoms with E-state index in [-0.39, 0.29) is 0 Å². The molecule has 0 saturated carbocycles. The Bertz CT molecular complexity index is 3180. The molecular formula is C51H31N3OS. The molecule has 4 nitrogen and oxygen atoms in total. The molecular weight excluding hydrogens is 703 g/mol. The maximum atomic E-state index is 6.57. The minimum Gasteiger partial charge on any atom is -0.456 e. The molecule has 0 unspecified atom stereocenters. The van der Waals surface area contributed by atoms with E-state index in [0.29, 0.717) is 17.5 Å². The van der Waals surface area contributed by atoms with E-state index in [1.807, 2.05) is 72.0 Å². The summed E-state index contributed by atoms with van der Waals surface area (Å²) in [6.07, 6.45) is 0. The van der Waals surface area contributed by atoms with E-state index in [4.69, 9.17) is 19.4 Å². The molecule has 0 saturated heterocycles. The first-order valence-electron chi connectivity index (χ1n) is 18.7. The minimum atomic E-state index is 0.597. The molecule has 0 spiro atoms. The Morgan fingerprint density at radius 3 is 1.59 bits per heavy atom. The van der Waals surface area contributed by atoms with Crippen molar-refractivity contribution in [1.82, 2.24) is 15.0 Å². The predicted molar refractivity (Wildman–Crippen MR) is 233 cm³/mol. The lowest BCUT2D eigenvalue weighted by molar-refractivity contribution is 0.669. The minimum absolute atomic E-state index is 0.597. The molecule has 11 aromatic rings. The second-order valence-corrected chi connectivity index (χ2v) is 15.1. The second kappa shape index (κ2) is 13.3. The third-order valence-electron chi connectivity index (χ3n) is 10.5. The maximum absolute atomic E-state index is 6.57. The van der Waals surface area contributed by atoms with Crippen LogP contribution in [0.15, 0.2) is 192 Å². The molecule has 0 aliphatic heterocycles. The molecule has 0 bridgehead atoms. The zero-order valence-electron chi connectivity index (χ0n) is 30.1. The van der Waals surface area contributed by atoms with Crippen LogP contribution in [0.25, 0.3) is 110 Å². The fourth-order valence-electron chi connectivity index (χ4n) is 7.86. The Hall–Kier alpha value is -7.21. The van der Waals surface area contributed by atoms with E-state index in [1.165, 1.54) is 48.0 Å². The summed E-state index contributed by atoms with van der Waals surface area (Å²) in [6.45, 7) is 0. The number of hydrogen-bond donors (Lipinski definition) is 0. The summed E-state index contributed by atoms with van der Waals surface area (Å²) in [4.78, 5) is 14.8. The average Bonchev–Trinajstić information content (AvgIpc) is 3.84. The third-order valence-corrected chi connectivity index (χ3v) is 11.7. The Morgan fingerprint density at radius 1 is 0.321 bits per heavy atom. The van der Waals surface area contributed by atoms with Crippen molar-refractivity contribution in [2.24, 2.45) is 0 Å². The molecule has 56 heavy (non-hydrogen) atoms. The number of furan rings is 1. The molecule has 11 rings (SSSR count). The lowest BCUT2D eigenvalue weighted by Gasteiger charge is -2.13. The summed E-state index contributed by atoms with van der Waals surface area (Å²) in [6, 6.07) is 65.8. The summed E-state index contributed by atoms with van der Waals surface area (Å²) in [7, 11) is 0. The number of benzene rings is 8. The predicted octanol–water partition coefficient (Wildman–Crippen LogP) is 14.1. The molecule has 0 aliphatic carbocycles. The van der Waals surface area contributed by atoms with Crippen molar-refractivity contribution in [3.63, 3.8) is 0 Å². The molecule has 0 atom stereocenters. The van der Waals surface area contributed by atoms with Gasteiger partial charge in [-0.3, -0.25) is 0 Å². The van der Waals surface area contributed by atoms with Crippen LogP contribution in [0.4, 0.5) is 0 Å². The SMILES string of the molecule is c1ccc(-c2nc(-c3ccccc3)nc(-c3ccc4c(c3)oc3ccc(-c5cc(-c6ccccc6-c6ccccc6)cc6sc7ccccc7c56)cc34)n2)cc1. The van der Waals surface area contributed by atoms with E-state index in [9.17, 15) is 0 Å². The molecule has 0 amide bonds. The van der Waals surface area contributed by atoms with Gasteiger partial charge in [0, 0.05) is 47.6 Å². The normalized spacial score (nSPS) is 11.6. The number of nitrogens with zero attached hydrogens (tertiary/aromatic N) is 3. The average molecular weight is 734 g/mol. The fourth-order valence-corrected chi connectivity index (χ4v) is 9.03. The highest BCUT2D eigenvalue weighted by Gasteiger charge is 2.19. The fraction of sp³-hybridized carbons (Fsp3) is 0. The molecule has 0 aliphatic rings. The Balaban J connectivity index is 1.07. The first-order chi connectivity index (χ1) is 27.7. The van der Waals surface area contributed by atoms with Crippen molar-refractivity contribution >= 4 is 53.4 Å². The van der Waals surface area contributed by atoms with Gasteiger partial charge in [0.15, 0.2) is 17.5 Å². The van der Waals surface area contributed by atoms with Crippen LogP contribution in [-0.2, 0) is 0 Å². The van der Waals surface area contributed by atoms with Crippen molar-refractivity contribution in [1.29, 1.82) is 0 Å². The lowest BCUT2D eigenvalue weighted by Crippen LogP contribution is -2.00. The van der Waals surface area contributed by atoms with Gasteiger partial charge in [0.1, 0.15) is 11.2 Å². The van der Waals surface area contributed by atoms with Gasteiger partial charge in [0.25, 0.3) is 0 Å². The first kappa shape index (κ1) is 32.2. The number of hydrogen-bond acceptors (Lipinski definition) is 5. The molecule has 0 fully saturated rings.